The van der Waals surface area contributed by atoms with Crippen LogP contribution in [0.3, 0.4) is 0 Å². The molecule has 8 nitrogen and oxygen atoms in total. The fourth-order valence-corrected chi connectivity index (χ4v) is 4.70. The quantitative estimate of drug-likeness (QED) is 0.519. The lowest BCUT2D eigenvalue weighted by molar-refractivity contribution is 0.0950. The van der Waals surface area contributed by atoms with Crippen molar-refractivity contribution in [1.29, 1.82) is 0 Å². The van der Waals surface area contributed by atoms with E-state index in [0.29, 0.717) is 0 Å². The van der Waals surface area contributed by atoms with Crippen molar-refractivity contribution in [1.82, 2.24) is 14.6 Å². The molecule has 33 heavy (non-hydrogen) atoms. The third-order valence-corrected chi connectivity index (χ3v) is 6.92. The number of pyridine rings is 1. The monoisotopic (exact) mass is 468 g/mol. The van der Waals surface area contributed by atoms with Crippen molar-refractivity contribution in [2.24, 2.45) is 0 Å². The number of rotatable bonds is 9. The second-order valence-electron chi connectivity index (χ2n) is 7.68. The van der Waals surface area contributed by atoms with Crippen LogP contribution in [0.25, 0.3) is 0 Å². The van der Waals surface area contributed by atoms with Gasteiger partial charge in [-0.1, -0.05) is 36.4 Å². The number of benzene rings is 2. The highest BCUT2D eigenvalue weighted by Gasteiger charge is 2.26. The van der Waals surface area contributed by atoms with Crippen LogP contribution in [0.5, 0.6) is 5.75 Å². The van der Waals surface area contributed by atoms with E-state index in [9.17, 15) is 13.2 Å². The summed E-state index contributed by atoms with van der Waals surface area (Å²) in [7, 11) is 2.74. The largest absolute Gasteiger partial charge is 0.495 e. The summed E-state index contributed by atoms with van der Waals surface area (Å²) in [5, 5.41) is 2.84. The van der Waals surface area contributed by atoms with E-state index < -0.39 is 15.9 Å². The van der Waals surface area contributed by atoms with E-state index in [1.165, 1.54) is 30.6 Å². The van der Waals surface area contributed by atoms with Crippen molar-refractivity contribution in [3.8, 4) is 5.75 Å². The van der Waals surface area contributed by atoms with E-state index in [1.807, 2.05) is 55.4 Å². The molecule has 1 N–H and O–H groups in total. The number of sulfonamides is 1. The lowest BCUT2D eigenvalue weighted by Gasteiger charge is -2.20. The smallest absolute Gasteiger partial charge is 0.251 e. The first kappa shape index (κ1) is 24.2. The molecule has 0 unspecified atom stereocenters. The lowest BCUT2D eigenvalue weighted by atomic mass is 10.2. The van der Waals surface area contributed by atoms with Crippen LogP contribution < -0.4 is 15.0 Å². The van der Waals surface area contributed by atoms with E-state index in [-0.39, 0.29) is 29.3 Å². The Kier molecular flexibility index (Phi) is 7.67. The molecule has 0 fully saturated rings. The van der Waals surface area contributed by atoms with Gasteiger partial charge < -0.3 is 15.0 Å². The van der Waals surface area contributed by atoms with Gasteiger partial charge in [-0.25, -0.2) is 13.4 Å². The van der Waals surface area contributed by atoms with Gasteiger partial charge >= 0.3 is 0 Å². The molecular weight excluding hydrogens is 440 g/mol. The third kappa shape index (κ3) is 5.68. The molecule has 9 heteroatoms. The number of hydrogen-bond acceptors (Lipinski definition) is 6. The molecule has 0 saturated carbocycles. The molecule has 174 valence electrons. The maximum atomic E-state index is 13.3. The van der Waals surface area contributed by atoms with Crippen LogP contribution in [-0.4, -0.2) is 51.9 Å². The molecule has 0 aliphatic heterocycles. The summed E-state index contributed by atoms with van der Waals surface area (Å²) in [6, 6.07) is 17.4. The molecule has 2 aromatic carbocycles. The number of nitrogens with one attached hydrogen (secondary N) is 1. The Labute approximate surface area is 194 Å². The van der Waals surface area contributed by atoms with Gasteiger partial charge in [0.1, 0.15) is 16.5 Å². The fraction of sp³-hybridized carbons (Fsp3) is 0.250. The summed E-state index contributed by atoms with van der Waals surface area (Å²) >= 11 is 0. The maximum Gasteiger partial charge on any atom is 0.251 e. The van der Waals surface area contributed by atoms with Crippen molar-refractivity contribution in [3.63, 3.8) is 0 Å². The van der Waals surface area contributed by atoms with Crippen LogP contribution in [0, 0.1) is 0 Å². The molecule has 1 aromatic heterocycles. The minimum absolute atomic E-state index is 0.0635. The molecule has 3 rings (SSSR count). The van der Waals surface area contributed by atoms with Gasteiger partial charge in [0.25, 0.3) is 5.91 Å². The van der Waals surface area contributed by atoms with E-state index in [4.69, 9.17) is 4.74 Å². The highest BCUT2D eigenvalue weighted by atomic mass is 32.2. The molecule has 1 heterocycles. The Bertz CT molecular complexity index is 1210. The van der Waals surface area contributed by atoms with Crippen molar-refractivity contribution < 1.29 is 17.9 Å². The number of aromatic nitrogens is 1. The number of nitrogens with zero attached hydrogens (tertiary/aromatic N) is 3. The van der Waals surface area contributed by atoms with Crippen LogP contribution in [0.1, 0.15) is 21.5 Å². The second kappa shape index (κ2) is 10.5. The average molecular weight is 469 g/mol. The van der Waals surface area contributed by atoms with E-state index in [1.54, 1.807) is 18.3 Å². The van der Waals surface area contributed by atoms with Gasteiger partial charge in [-0.3, -0.25) is 4.79 Å². The molecule has 0 saturated heterocycles. The number of hydrogen-bond donors (Lipinski definition) is 1. The summed E-state index contributed by atoms with van der Waals surface area (Å²) in [5.74, 6) is 0.528. The minimum Gasteiger partial charge on any atom is -0.495 e. The first-order chi connectivity index (χ1) is 15.7. The summed E-state index contributed by atoms with van der Waals surface area (Å²) in [6.45, 7) is 0.444. The van der Waals surface area contributed by atoms with Gasteiger partial charge in [0, 0.05) is 51.6 Å². The third-order valence-electron chi connectivity index (χ3n) is 5.09. The van der Waals surface area contributed by atoms with Gasteiger partial charge in [-0.05, 0) is 29.8 Å². The fourth-order valence-electron chi connectivity index (χ4n) is 3.36. The first-order valence-electron chi connectivity index (χ1n) is 10.3. The summed E-state index contributed by atoms with van der Waals surface area (Å²) < 4.78 is 33.1. The van der Waals surface area contributed by atoms with Crippen LogP contribution >= 0.6 is 0 Å². The first-order valence-corrected chi connectivity index (χ1v) is 11.8. The van der Waals surface area contributed by atoms with Crippen molar-refractivity contribution in [3.05, 3.63) is 83.6 Å². The number of methoxy groups -OCH3 is 1. The molecule has 0 spiro atoms. The standard InChI is InChI=1S/C24H28N4O4S/c1-27(2)23-20(11-8-14-25-23)16-26-24(29)19-12-13-21(32-4)22(15-19)33(30,31)28(3)17-18-9-6-5-7-10-18/h5-15H,16-17H2,1-4H3,(H,26,29). The zero-order valence-corrected chi connectivity index (χ0v) is 20.0. The number of amides is 1. The number of anilines is 1. The summed E-state index contributed by atoms with van der Waals surface area (Å²) in [5.41, 5.74) is 1.92. The zero-order valence-electron chi connectivity index (χ0n) is 19.1. The van der Waals surface area contributed by atoms with Crippen molar-refractivity contribution in [2.45, 2.75) is 18.0 Å². The van der Waals surface area contributed by atoms with Crippen molar-refractivity contribution in [2.75, 3.05) is 33.2 Å². The molecule has 0 radical (unpaired) electrons. The Morgan fingerprint density at radius 1 is 1.03 bits per heavy atom. The molecule has 0 bridgehead atoms. The molecule has 0 aliphatic carbocycles. The van der Waals surface area contributed by atoms with E-state index >= 15 is 0 Å². The van der Waals surface area contributed by atoms with Gasteiger partial charge in [-0.15, -0.1) is 0 Å². The average Bonchev–Trinajstić information content (AvgIpc) is 2.82. The number of ether oxygens (including phenoxy) is 1. The second-order valence-corrected chi connectivity index (χ2v) is 9.69. The number of carbonyl (C=O) groups is 1. The summed E-state index contributed by atoms with van der Waals surface area (Å²) in [4.78, 5) is 19.0. The van der Waals surface area contributed by atoms with Gasteiger partial charge in [0.05, 0.1) is 7.11 Å². The Hall–Kier alpha value is -3.43. The zero-order chi connectivity index (χ0) is 24.0. The SMILES string of the molecule is COc1ccc(C(=O)NCc2cccnc2N(C)C)cc1S(=O)(=O)N(C)Cc1ccccc1. The van der Waals surface area contributed by atoms with Crippen molar-refractivity contribution >= 4 is 21.7 Å². The van der Waals surface area contributed by atoms with Gasteiger partial charge in [0.2, 0.25) is 10.0 Å². The van der Waals surface area contributed by atoms with Gasteiger partial charge in [0.15, 0.2) is 0 Å². The van der Waals surface area contributed by atoms with Crippen LogP contribution in [0.4, 0.5) is 5.82 Å². The molecular formula is C24H28N4O4S. The summed E-state index contributed by atoms with van der Waals surface area (Å²) in [6.07, 6.45) is 1.69. The molecule has 0 aliphatic rings. The Morgan fingerprint density at radius 2 is 1.76 bits per heavy atom. The highest BCUT2D eigenvalue weighted by molar-refractivity contribution is 7.89. The Balaban J connectivity index is 1.83. The van der Waals surface area contributed by atoms with Crippen LogP contribution in [0.15, 0.2) is 71.8 Å². The number of carbonyl (C=O) groups excluding carboxylic acids is 1. The minimum atomic E-state index is -3.91. The maximum absolute atomic E-state index is 13.3. The molecule has 3 aromatic rings. The highest BCUT2D eigenvalue weighted by Crippen LogP contribution is 2.28. The predicted molar refractivity (Wildman–Crippen MR) is 128 cm³/mol. The van der Waals surface area contributed by atoms with E-state index in [2.05, 4.69) is 10.3 Å². The Morgan fingerprint density at radius 3 is 2.42 bits per heavy atom. The van der Waals surface area contributed by atoms with Crippen LogP contribution in [0.2, 0.25) is 0 Å². The normalized spacial score (nSPS) is 11.3. The topological polar surface area (TPSA) is 91.8 Å². The van der Waals surface area contributed by atoms with Gasteiger partial charge in [-0.2, -0.15) is 4.31 Å². The molecule has 1 amide bonds. The predicted octanol–water partition coefficient (Wildman–Crippen LogP) is 2.91. The van der Waals surface area contributed by atoms with Crippen LogP contribution in [-0.2, 0) is 23.1 Å². The lowest BCUT2D eigenvalue weighted by Crippen LogP contribution is -2.28. The molecule has 0 atom stereocenters. The van der Waals surface area contributed by atoms with E-state index in [0.717, 1.165) is 16.9 Å².